The molecule has 0 spiro atoms. The molecule has 1 N–H and O–H groups in total. The van der Waals surface area contributed by atoms with E-state index >= 15 is 0 Å². The van der Waals surface area contributed by atoms with Crippen LogP contribution in [-0.4, -0.2) is 31.1 Å². The van der Waals surface area contributed by atoms with Crippen molar-refractivity contribution in [3.05, 3.63) is 53.7 Å². The molecule has 156 valence electrons. The normalized spacial score (nSPS) is 11.9. The fourth-order valence-corrected chi connectivity index (χ4v) is 3.05. The van der Waals surface area contributed by atoms with Crippen molar-refractivity contribution in [2.75, 3.05) is 20.0 Å². The zero-order valence-corrected chi connectivity index (χ0v) is 16.8. The first kappa shape index (κ1) is 19.6. The molecule has 2 heterocycles. The van der Waals surface area contributed by atoms with Crippen molar-refractivity contribution in [3.63, 3.8) is 0 Å². The molecular weight excluding hydrogens is 388 g/mol. The highest BCUT2D eigenvalue weighted by Crippen LogP contribution is 2.36. The summed E-state index contributed by atoms with van der Waals surface area (Å²) in [4.78, 5) is 12.6. The van der Waals surface area contributed by atoms with Gasteiger partial charge in [0.2, 0.25) is 6.79 Å². The lowest BCUT2D eigenvalue weighted by Crippen LogP contribution is -2.23. The molecule has 8 nitrogen and oxygen atoms in total. The number of benzene rings is 2. The third kappa shape index (κ3) is 4.17. The van der Waals surface area contributed by atoms with Crippen LogP contribution < -0.4 is 24.3 Å². The van der Waals surface area contributed by atoms with E-state index in [0.717, 1.165) is 5.56 Å². The van der Waals surface area contributed by atoms with Crippen molar-refractivity contribution >= 4 is 5.91 Å². The minimum absolute atomic E-state index is 0.211. The summed E-state index contributed by atoms with van der Waals surface area (Å²) < 4.78 is 27.2. The summed E-state index contributed by atoms with van der Waals surface area (Å²) in [6, 6.07) is 12.4. The van der Waals surface area contributed by atoms with E-state index in [0.29, 0.717) is 53.2 Å². The van der Waals surface area contributed by atoms with Crippen molar-refractivity contribution in [1.82, 2.24) is 10.5 Å². The maximum absolute atomic E-state index is 12.6. The Kier molecular flexibility index (Phi) is 5.74. The summed E-state index contributed by atoms with van der Waals surface area (Å²) >= 11 is 0. The Morgan fingerprint density at radius 1 is 1.00 bits per heavy atom. The lowest BCUT2D eigenvalue weighted by atomic mass is 10.1. The van der Waals surface area contributed by atoms with Crippen LogP contribution in [0.3, 0.4) is 0 Å². The number of nitrogens with zero attached hydrogens (tertiary/aromatic N) is 1. The van der Waals surface area contributed by atoms with Crippen molar-refractivity contribution in [1.29, 1.82) is 0 Å². The summed E-state index contributed by atoms with van der Waals surface area (Å²) in [5.74, 6) is 2.86. The first-order valence-corrected chi connectivity index (χ1v) is 9.71. The van der Waals surface area contributed by atoms with Gasteiger partial charge in [0.15, 0.2) is 28.8 Å². The SMILES string of the molecule is CCOc1ccc(C(=O)NCc2cc(-c3ccc4c(c3)OCO4)on2)cc1OCC. The Bertz CT molecular complexity index is 1050. The number of rotatable bonds is 8. The fraction of sp³-hybridized carbons (Fsp3) is 0.273. The van der Waals surface area contributed by atoms with Crippen LogP contribution in [0.5, 0.6) is 23.0 Å². The summed E-state index contributed by atoms with van der Waals surface area (Å²) in [6.07, 6.45) is 0. The van der Waals surface area contributed by atoms with Gasteiger partial charge in [-0.15, -0.1) is 0 Å². The summed E-state index contributed by atoms with van der Waals surface area (Å²) in [5, 5.41) is 6.87. The third-order valence-electron chi connectivity index (χ3n) is 4.45. The Balaban J connectivity index is 1.41. The monoisotopic (exact) mass is 410 g/mol. The molecule has 1 amide bonds. The molecule has 1 aliphatic heterocycles. The molecule has 1 aliphatic rings. The number of hydrogen-bond donors (Lipinski definition) is 1. The average Bonchev–Trinajstić information content (AvgIpc) is 3.42. The van der Waals surface area contributed by atoms with Gasteiger partial charge in [0, 0.05) is 17.2 Å². The van der Waals surface area contributed by atoms with Crippen LogP contribution in [0.25, 0.3) is 11.3 Å². The molecule has 0 radical (unpaired) electrons. The van der Waals surface area contributed by atoms with E-state index in [-0.39, 0.29) is 19.2 Å². The fourth-order valence-electron chi connectivity index (χ4n) is 3.05. The van der Waals surface area contributed by atoms with E-state index in [9.17, 15) is 4.79 Å². The zero-order valence-electron chi connectivity index (χ0n) is 16.8. The molecule has 3 aromatic rings. The maximum Gasteiger partial charge on any atom is 0.251 e. The van der Waals surface area contributed by atoms with Crippen molar-refractivity contribution in [2.24, 2.45) is 0 Å². The topological polar surface area (TPSA) is 92.1 Å². The van der Waals surface area contributed by atoms with Gasteiger partial charge >= 0.3 is 0 Å². The lowest BCUT2D eigenvalue weighted by Gasteiger charge is -2.12. The van der Waals surface area contributed by atoms with Crippen LogP contribution in [0.1, 0.15) is 29.9 Å². The summed E-state index contributed by atoms with van der Waals surface area (Å²) in [5.41, 5.74) is 1.89. The first-order chi connectivity index (χ1) is 14.7. The van der Waals surface area contributed by atoms with Crippen LogP contribution in [-0.2, 0) is 6.54 Å². The number of aromatic nitrogens is 1. The van der Waals surface area contributed by atoms with E-state index in [1.165, 1.54) is 0 Å². The Labute approximate surface area is 173 Å². The number of carbonyl (C=O) groups excluding carboxylic acids is 1. The van der Waals surface area contributed by atoms with Gasteiger partial charge in [-0.1, -0.05) is 5.16 Å². The molecular formula is C22H22N2O6. The second-order valence-corrected chi connectivity index (χ2v) is 6.46. The zero-order chi connectivity index (χ0) is 20.9. The van der Waals surface area contributed by atoms with Gasteiger partial charge in [0.1, 0.15) is 5.69 Å². The molecule has 4 rings (SSSR count). The van der Waals surface area contributed by atoms with Crippen LogP contribution in [0, 0.1) is 0 Å². The molecule has 0 saturated carbocycles. The van der Waals surface area contributed by atoms with Gasteiger partial charge < -0.3 is 28.8 Å². The predicted octanol–water partition coefficient (Wildman–Crippen LogP) is 3.80. The summed E-state index contributed by atoms with van der Waals surface area (Å²) in [6.45, 7) is 5.21. The average molecular weight is 410 g/mol. The molecule has 0 atom stereocenters. The van der Waals surface area contributed by atoms with E-state index in [4.69, 9.17) is 23.5 Å². The standard InChI is InChI=1S/C22H22N2O6/c1-3-26-17-8-6-15(10-20(17)27-4-2)22(25)23-12-16-11-19(30-24-16)14-5-7-18-21(9-14)29-13-28-18/h5-11H,3-4,12-13H2,1-2H3,(H,23,25). The minimum Gasteiger partial charge on any atom is -0.490 e. The first-order valence-electron chi connectivity index (χ1n) is 9.71. The van der Waals surface area contributed by atoms with Crippen LogP contribution >= 0.6 is 0 Å². The van der Waals surface area contributed by atoms with Crippen molar-refractivity contribution in [2.45, 2.75) is 20.4 Å². The Morgan fingerprint density at radius 3 is 2.63 bits per heavy atom. The molecule has 30 heavy (non-hydrogen) atoms. The maximum atomic E-state index is 12.6. The van der Waals surface area contributed by atoms with Crippen molar-refractivity contribution in [3.8, 4) is 34.3 Å². The molecule has 0 fully saturated rings. The third-order valence-corrected chi connectivity index (χ3v) is 4.45. The second kappa shape index (κ2) is 8.77. The summed E-state index contributed by atoms with van der Waals surface area (Å²) in [7, 11) is 0. The van der Waals surface area contributed by atoms with Crippen LogP contribution in [0.4, 0.5) is 0 Å². The minimum atomic E-state index is -0.244. The highest BCUT2D eigenvalue weighted by Gasteiger charge is 2.17. The molecule has 2 aromatic carbocycles. The van der Waals surface area contributed by atoms with E-state index in [2.05, 4.69) is 10.5 Å². The number of carbonyl (C=O) groups is 1. The smallest absolute Gasteiger partial charge is 0.251 e. The van der Waals surface area contributed by atoms with Gasteiger partial charge in [-0.25, -0.2) is 0 Å². The largest absolute Gasteiger partial charge is 0.490 e. The second-order valence-electron chi connectivity index (χ2n) is 6.46. The quantitative estimate of drug-likeness (QED) is 0.604. The number of hydrogen-bond acceptors (Lipinski definition) is 7. The Hall–Kier alpha value is -3.68. The molecule has 0 saturated heterocycles. The number of amides is 1. The molecule has 0 aliphatic carbocycles. The molecule has 0 bridgehead atoms. The van der Waals surface area contributed by atoms with Crippen LogP contribution in [0.2, 0.25) is 0 Å². The highest BCUT2D eigenvalue weighted by molar-refractivity contribution is 5.94. The van der Waals surface area contributed by atoms with Crippen LogP contribution in [0.15, 0.2) is 47.0 Å². The van der Waals surface area contributed by atoms with Crippen molar-refractivity contribution < 1.29 is 28.3 Å². The van der Waals surface area contributed by atoms with E-state index in [1.807, 2.05) is 32.0 Å². The predicted molar refractivity (Wildman–Crippen MR) is 108 cm³/mol. The van der Waals surface area contributed by atoms with Gasteiger partial charge in [-0.2, -0.15) is 0 Å². The molecule has 0 unspecified atom stereocenters. The van der Waals surface area contributed by atoms with E-state index < -0.39 is 0 Å². The lowest BCUT2D eigenvalue weighted by molar-refractivity contribution is 0.0949. The van der Waals surface area contributed by atoms with E-state index in [1.54, 1.807) is 24.3 Å². The van der Waals surface area contributed by atoms with Gasteiger partial charge in [0.25, 0.3) is 5.91 Å². The Morgan fingerprint density at radius 2 is 1.80 bits per heavy atom. The van der Waals surface area contributed by atoms with Gasteiger partial charge in [0.05, 0.1) is 19.8 Å². The molecule has 1 aromatic heterocycles. The number of ether oxygens (including phenoxy) is 4. The molecule has 8 heteroatoms. The number of fused-ring (bicyclic) bond motifs is 1. The van der Waals surface area contributed by atoms with Gasteiger partial charge in [-0.05, 0) is 50.2 Å². The van der Waals surface area contributed by atoms with Gasteiger partial charge in [-0.3, -0.25) is 4.79 Å². The number of nitrogens with one attached hydrogen (secondary N) is 1. The highest BCUT2D eigenvalue weighted by atomic mass is 16.7.